The van der Waals surface area contributed by atoms with Gasteiger partial charge >= 0.3 is 5.97 Å². The first kappa shape index (κ1) is 14.9. The van der Waals surface area contributed by atoms with Crippen LogP contribution in [0.15, 0.2) is 18.2 Å². The lowest BCUT2D eigenvalue weighted by Gasteiger charge is -2.32. The molecule has 1 aliphatic rings. The first-order valence-electron chi connectivity index (χ1n) is 7.40. The van der Waals surface area contributed by atoms with Crippen molar-refractivity contribution in [2.24, 2.45) is 0 Å². The number of aromatic carboxylic acids is 1. The summed E-state index contributed by atoms with van der Waals surface area (Å²) >= 11 is 0. The van der Waals surface area contributed by atoms with Crippen molar-refractivity contribution in [3.63, 3.8) is 0 Å². The van der Waals surface area contributed by atoms with Gasteiger partial charge in [-0.25, -0.2) is 4.79 Å². The Hall–Kier alpha value is -1.55. The van der Waals surface area contributed by atoms with Gasteiger partial charge in [-0.15, -0.1) is 0 Å². The van der Waals surface area contributed by atoms with Crippen LogP contribution in [0.5, 0.6) is 0 Å². The van der Waals surface area contributed by atoms with Crippen molar-refractivity contribution in [2.45, 2.75) is 39.2 Å². The molecule has 1 heterocycles. The number of piperidine rings is 1. The number of nitrogens with zero attached hydrogens (tertiary/aromatic N) is 1. The molecule has 1 atom stereocenters. The molecule has 1 aromatic carbocycles. The zero-order valence-electron chi connectivity index (χ0n) is 12.4. The molecule has 0 saturated carbocycles. The Bertz CT molecular complexity index is 468. The van der Waals surface area contributed by atoms with Crippen LogP contribution in [0.25, 0.3) is 0 Å². The van der Waals surface area contributed by atoms with Gasteiger partial charge < -0.3 is 10.4 Å². The number of carboxylic acids is 1. The second-order valence-electron chi connectivity index (χ2n) is 5.66. The zero-order chi connectivity index (χ0) is 14.5. The molecule has 1 aliphatic heterocycles. The number of aryl methyl sites for hydroxylation is 1. The average Bonchev–Trinajstić information content (AvgIpc) is 2.46. The van der Waals surface area contributed by atoms with Gasteiger partial charge in [0, 0.05) is 18.3 Å². The molecule has 110 valence electrons. The highest BCUT2D eigenvalue weighted by Crippen LogP contribution is 2.18. The van der Waals surface area contributed by atoms with Crippen molar-refractivity contribution in [2.75, 3.05) is 25.0 Å². The van der Waals surface area contributed by atoms with E-state index in [-0.39, 0.29) is 0 Å². The summed E-state index contributed by atoms with van der Waals surface area (Å²) in [6, 6.07) is 5.75. The molecule has 0 radical (unpaired) electrons. The predicted octanol–water partition coefficient (Wildman–Crippen LogP) is 2.98. The van der Waals surface area contributed by atoms with Crippen molar-refractivity contribution in [3.05, 3.63) is 29.3 Å². The van der Waals surface area contributed by atoms with E-state index in [4.69, 9.17) is 5.11 Å². The standard InChI is InChI=1S/C16H24N2O2/c1-12-10-14(16(19)20)6-7-15(12)17-11-13(2)18-8-4-3-5-9-18/h6-7,10,13,17H,3-5,8-9,11H2,1-2H3,(H,19,20). The quantitative estimate of drug-likeness (QED) is 0.868. The smallest absolute Gasteiger partial charge is 0.335 e. The number of anilines is 1. The summed E-state index contributed by atoms with van der Waals surface area (Å²) in [7, 11) is 0. The van der Waals surface area contributed by atoms with E-state index in [0.29, 0.717) is 11.6 Å². The molecule has 4 heteroatoms. The van der Waals surface area contributed by atoms with Gasteiger partial charge in [0.25, 0.3) is 0 Å². The molecule has 0 amide bonds. The van der Waals surface area contributed by atoms with Crippen LogP contribution in [0.3, 0.4) is 0 Å². The summed E-state index contributed by atoms with van der Waals surface area (Å²) in [4.78, 5) is 13.4. The van der Waals surface area contributed by atoms with Crippen molar-refractivity contribution in [1.82, 2.24) is 4.90 Å². The number of hydrogen-bond acceptors (Lipinski definition) is 3. The summed E-state index contributed by atoms with van der Waals surface area (Å²) in [6.45, 7) is 7.48. The molecular formula is C16H24N2O2. The number of benzene rings is 1. The number of rotatable bonds is 5. The SMILES string of the molecule is Cc1cc(C(=O)O)ccc1NCC(C)N1CCCCC1. The summed E-state index contributed by atoms with van der Waals surface area (Å²) in [5.74, 6) is -0.874. The lowest BCUT2D eigenvalue weighted by atomic mass is 10.1. The van der Waals surface area contributed by atoms with Crippen LogP contribution in [0.2, 0.25) is 0 Å². The maximum atomic E-state index is 10.9. The van der Waals surface area contributed by atoms with Gasteiger partial charge in [0.2, 0.25) is 0 Å². The maximum Gasteiger partial charge on any atom is 0.335 e. The summed E-state index contributed by atoms with van der Waals surface area (Å²) < 4.78 is 0. The van der Waals surface area contributed by atoms with E-state index in [1.807, 2.05) is 13.0 Å². The number of carbonyl (C=O) groups is 1. The predicted molar refractivity (Wildman–Crippen MR) is 81.5 cm³/mol. The summed E-state index contributed by atoms with van der Waals surface area (Å²) in [5.41, 5.74) is 2.35. The lowest BCUT2D eigenvalue weighted by Crippen LogP contribution is -2.41. The van der Waals surface area contributed by atoms with E-state index in [1.165, 1.54) is 32.4 Å². The molecule has 20 heavy (non-hydrogen) atoms. The lowest BCUT2D eigenvalue weighted by molar-refractivity contribution is 0.0697. The Labute approximate surface area is 120 Å². The molecule has 1 aromatic rings. The number of carboxylic acid groups (broad SMARTS) is 1. The van der Waals surface area contributed by atoms with Crippen LogP contribution in [-0.4, -0.2) is 41.7 Å². The second kappa shape index (κ2) is 6.75. The van der Waals surface area contributed by atoms with Crippen LogP contribution in [0.1, 0.15) is 42.1 Å². The molecular weight excluding hydrogens is 252 g/mol. The zero-order valence-corrected chi connectivity index (χ0v) is 12.4. The van der Waals surface area contributed by atoms with Crippen LogP contribution < -0.4 is 5.32 Å². The van der Waals surface area contributed by atoms with Gasteiger partial charge in [-0.2, -0.15) is 0 Å². The molecule has 1 unspecified atom stereocenters. The Balaban J connectivity index is 1.91. The van der Waals surface area contributed by atoms with Gasteiger partial charge in [-0.1, -0.05) is 6.42 Å². The highest BCUT2D eigenvalue weighted by molar-refractivity contribution is 5.88. The van der Waals surface area contributed by atoms with Crippen molar-refractivity contribution < 1.29 is 9.90 Å². The molecule has 1 fully saturated rings. The summed E-state index contributed by atoms with van der Waals surface area (Å²) in [6.07, 6.45) is 3.96. The average molecular weight is 276 g/mol. The fourth-order valence-corrected chi connectivity index (χ4v) is 2.74. The Kier molecular flexibility index (Phi) is 5.01. The van der Waals surface area contributed by atoms with Crippen LogP contribution in [0, 0.1) is 6.92 Å². The molecule has 2 rings (SSSR count). The van der Waals surface area contributed by atoms with Crippen LogP contribution in [-0.2, 0) is 0 Å². The topological polar surface area (TPSA) is 52.6 Å². The third-order valence-electron chi connectivity index (χ3n) is 4.08. The minimum Gasteiger partial charge on any atom is -0.478 e. The fraction of sp³-hybridized carbons (Fsp3) is 0.562. The summed E-state index contributed by atoms with van der Waals surface area (Å²) in [5, 5.41) is 12.4. The van der Waals surface area contributed by atoms with Gasteiger partial charge in [-0.05, 0) is 63.5 Å². The molecule has 0 aromatic heterocycles. The first-order chi connectivity index (χ1) is 9.58. The Morgan fingerprint density at radius 3 is 2.65 bits per heavy atom. The number of likely N-dealkylation sites (tertiary alicyclic amines) is 1. The monoisotopic (exact) mass is 276 g/mol. The number of hydrogen-bond donors (Lipinski definition) is 2. The maximum absolute atomic E-state index is 10.9. The molecule has 0 bridgehead atoms. The van der Waals surface area contributed by atoms with Crippen molar-refractivity contribution >= 4 is 11.7 Å². The minimum absolute atomic E-state index is 0.345. The van der Waals surface area contributed by atoms with E-state index in [0.717, 1.165) is 17.8 Å². The van der Waals surface area contributed by atoms with E-state index in [9.17, 15) is 4.79 Å². The molecule has 0 spiro atoms. The van der Waals surface area contributed by atoms with Gasteiger partial charge in [-0.3, -0.25) is 4.90 Å². The van der Waals surface area contributed by atoms with E-state index in [2.05, 4.69) is 17.1 Å². The third-order valence-corrected chi connectivity index (χ3v) is 4.08. The van der Waals surface area contributed by atoms with Crippen molar-refractivity contribution in [3.8, 4) is 0 Å². The van der Waals surface area contributed by atoms with Crippen molar-refractivity contribution in [1.29, 1.82) is 0 Å². The molecule has 0 aliphatic carbocycles. The van der Waals surface area contributed by atoms with E-state index in [1.54, 1.807) is 12.1 Å². The van der Waals surface area contributed by atoms with Gasteiger partial charge in [0.05, 0.1) is 5.56 Å². The highest BCUT2D eigenvalue weighted by atomic mass is 16.4. The third kappa shape index (κ3) is 3.73. The van der Waals surface area contributed by atoms with Crippen LogP contribution >= 0.6 is 0 Å². The fourth-order valence-electron chi connectivity index (χ4n) is 2.74. The van der Waals surface area contributed by atoms with E-state index >= 15 is 0 Å². The normalized spacial score (nSPS) is 17.7. The van der Waals surface area contributed by atoms with E-state index < -0.39 is 5.97 Å². The first-order valence-corrected chi connectivity index (χ1v) is 7.40. The Morgan fingerprint density at radius 2 is 2.05 bits per heavy atom. The largest absolute Gasteiger partial charge is 0.478 e. The minimum atomic E-state index is -0.874. The van der Waals surface area contributed by atoms with Crippen LogP contribution in [0.4, 0.5) is 5.69 Å². The van der Waals surface area contributed by atoms with Gasteiger partial charge in [0.1, 0.15) is 0 Å². The molecule has 2 N–H and O–H groups in total. The molecule has 1 saturated heterocycles. The highest BCUT2D eigenvalue weighted by Gasteiger charge is 2.16. The Morgan fingerprint density at radius 1 is 1.35 bits per heavy atom. The second-order valence-corrected chi connectivity index (χ2v) is 5.66. The molecule has 4 nitrogen and oxygen atoms in total. The number of nitrogens with one attached hydrogen (secondary N) is 1. The van der Waals surface area contributed by atoms with Gasteiger partial charge in [0.15, 0.2) is 0 Å².